The second-order valence-corrected chi connectivity index (χ2v) is 5.12. The van der Waals surface area contributed by atoms with Gasteiger partial charge in [0, 0.05) is 0 Å². The lowest BCUT2D eigenvalue weighted by atomic mass is 10.4. The van der Waals surface area contributed by atoms with Crippen LogP contribution in [0.2, 0.25) is 0 Å². The van der Waals surface area contributed by atoms with E-state index in [1.54, 1.807) is 10.9 Å². The van der Waals surface area contributed by atoms with Gasteiger partial charge in [-0.15, -0.1) is 0 Å². The average molecular weight is 346 g/mol. The Balaban J connectivity index is 2.63. The molecule has 0 aliphatic carbocycles. The highest BCUT2D eigenvalue weighted by molar-refractivity contribution is 9.11. The van der Waals surface area contributed by atoms with Crippen LogP contribution in [0.25, 0.3) is 5.82 Å². The second-order valence-electron chi connectivity index (χ2n) is 3.47. The van der Waals surface area contributed by atoms with E-state index in [1.807, 2.05) is 19.9 Å². The topological polar surface area (TPSA) is 56.7 Å². The Kier molecular flexibility index (Phi) is 3.03. The summed E-state index contributed by atoms with van der Waals surface area (Å²) in [6.45, 7) is 3.92. The standard InChI is InChI=1S/C10H10Br2N4/c1-5-9(12)6(2)16(15-5)10-8(11)3-7(13)4-14-10/h3-4H,13H2,1-2H3. The lowest BCUT2D eigenvalue weighted by molar-refractivity contribution is 0.802. The van der Waals surface area contributed by atoms with E-state index in [9.17, 15) is 0 Å². The smallest absolute Gasteiger partial charge is 0.168 e. The molecule has 0 atom stereocenters. The minimum Gasteiger partial charge on any atom is -0.397 e. The van der Waals surface area contributed by atoms with Crippen molar-refractivity contribution >= 4 is 37.5 Å². The highest BCUT2D eigenvalue weighted by Gasteiger charge is 2.13. The fourth-order valence-corrected chi connectivity index (χ4v) is 2.21. The van der Waals surface area contributed by atoms with E-state index in [0.717, 1.165) is 26.2 Å². The molecule has 2 heterocycles. The van der Waals surface area contributed by atoms with Crippen LogP contribution in [-0.2, 0) is 0 Å². The SMILES string of the molecule is Cc1nn(-c2ncc(N)cc2Br)c(C)c1Br. The molecule has 0 fully saturated rings. The number of hydrogen-bond acceptors (Lipinski definition) is 3. The fourth-order valence-electron chi connectivity index (χ4n) is 1.43. The highest BCUT2D eigenvalue weighted by atomic mass is 79.9. The largest absolute Gasteiger partial charge is 0.397 e. The number of aryl methyl sites for hydroxylation is 1. The minimum absolute atomic E-state index is 0.622. The van der Waals surface area contributed by atoms with Gasteiger partial charge in [-0.3, -0.25) is 0 Å². The highest BCUT2D eigenvalue weighted by Crippen LogP contribution is 2.26. The molecule has 0 unspecified atom stereocenters. The van der Waals surface area contributed by atoms with Gasteiger partial charge in [0.05, 0.1) is 32.2 Å². The molecule has 0 aliphatic rings. The van der Waals surface area contributed by atoms with Gasteiger partial charge >= 0.3 is 0 Å². The molecule has 2 N–H and O–H groups in total. The quantitative estimate of drug-likeness (QED) is 0.864. The van der Waals surface area contributed by atoms with E-state index < -0.39 is 0 Å². The number of nitrogens with zero attached hydrogens (tertiary/aromatic N) is 3. The normalized spacial score (nSPS) is 10.8. The van der Waals surface area contributed by atoms with Gasteiger partial charge in [0.15, 0.2) is 5.82 Å². The molecule has 4 nitrogen and oxygen atoms in total. The maximum atomic E-state index is 5.65. The van der Waals surface area contributed by atoms with E-state index in [-0.39, 0.29) is 0 Å². The van der Waals surface area contributed by atoms with E-state index in [1.165, 1.54) is 0 Å². The van der Waals surface area contributed by atoms with Gasteiger partial charge in [-0.25, -0.2) is 9.67 Å². The molecule has 0 aliphatic heterocycles. The molecule has 6 heteroatoms. The van der Waals surface area contributed by atoms with Crippen molar-refractivity contribution in [3.8, 4) is 5.82 Å². The molecule has 0 saturated carbocycles. The molecule has 2 aromatic heterocycles. The van der Waals surface area contributed by atoms with Crippen molar-refractivity contribution in [1.29, 1.82) is 0 Å². The van der Waals surface area contributed by atoms with Crippen molar-refractivity contribution in [2.24, 2.45) is 0 Å². The molecule has 0 saturated heterocycles. The number of aromatic nitrogens is 3. The van der Waals surface area contributed by atoms with Gasteiger partial charge in [-0.2, -0.15) is 5.10 Å². The van der Waals surface area contributed by atoms with E-state index in [2.05, 4.69) is 41.9 Å². The average Bonchev–Trinajstić information content (AvgIpc) is 2.46. The lowest BCUT2D eigenvalue weighted by Crippen LogP contribution is -2.03. The summed E-state index contributed by atoms with van der Waals surface area (Å²) >= 11 is 6.92. The van der Waals surface area contributed by atoms with Gasteiger partial charge in [0.1, 0.15) is 0 Å². The summed E-state index contributed by atoms with van der Waals surface area (Å²) in [4.78, 5) is 4.27. The Morgan fingerprint density at radius 3 is 2.50 bits per heavy atom. The Morgan fingerprint density at radius 1 is 1.31 bits per heavy atom. The Labute approximate surface area is 110 Å². The van der Waals surface area contributed by atoms with Crippen molar-refractivity contribution in [1.82, 2.24) is 14.8 Å². The first kappa shape index (κ1) is 11.6. The first-order valence-corrected chi connectivity index (χ1v) is 6.22. The minimum atomic E-state index is 0.622. The molecule has 2 aromatic rings. The van der Waals surface area contributed by atoms with Crippen LogP contribution in [0.4, 0.5) is 5.69 Å². The van der Waals surface area contributed by atoms with Crippen LogP contribution >= 0.6 is 31.9 Å². The third kappa shape index (κ3) is 1.87. The van der Waals surface area contributed by atoms with Crippen LogP contribution in [0.15, 0.2) is 21.2 Å². The summed E-state index contributed by atoms with van der Waals surface area (Å²) in [7, 11) is 0. The third-order valence-corrected chi connectivity index (χ3v) is 3.98. The molecule has 16 heavy (non-hydrogen) atoms. The summed E-state index contributed by atoms with van der Waals surface area (Å²) < 4.78 is 3.60. The van der Waals surface area contributed by atoms with Crippen LogP contribution in [0.5, 0.6) is 0 Å². The number of nitrogens with two attached hydrogens (primary N) is 1. The number of nitrogen functional groups attached to an aromatic ring is 1. The van der Waals surface area contributed by atoms with Crippen LogP contribution in [-0.4, -0.2) is 14.8 Å². The zero-order chi connectivity index (χ0) is 11.9. The summed E-state index contributed by atoms with van der Waals surface area (Å²) in [5, 5.41) is 4.41. The van der Waals surface area contributed by atoms with Crippen molar-refractivity contribution in [2.75, 3.05) is 5.73 Å². The summed E-state index contributed by atoms with van der Waals surface area (Å²) in [5.41, 5.74) is 8.21. The van der Waals surface area contributed by atoms with Gasteiger partial charge in [-0.1, -0.05) is 0 Å². The number of hydrogen-bond donors (Lipinski definition) is 1. The van der Waals surface area contributed by atoms with Crippen molar-refractivity contribution < 1.29 is 0 Å². The van der Waals surface area contributed by atoms with Gasteiger partial charge in [0.2, 0.25) is 0 Å². The molecule has 0 spiro atoms. The first-order chi connectivity index (χ1) is 7.50. The van der Waals surface area contributed by atoms with Crippen LogP contribution in [0.3, 0.4) is 0 Å². The van der Waals surface area contributed by atoms with Gasteiger partial charge in [0.25, 0.3) is 0 Å². The Morgan fingerprint density at radius 2 is 2.00 bits per heavy atom. The zero-order valence-corrected chi connectivity index (χ0v) is 12.0. The predicted molar refractivity (Wildman–Crippen MR) is 70.6 cm³/mol. The number of rotatable bonds is 1. The third-order valence-electron chi connectivity index (χ3n) is 2.25. The molecule has 0 radical (unpaired) electrons. The number of anilines is 1. The van der Waals surface area contributed by atoms with Crippen LogP contribution < -0.4 is 5.73 Å². The van der Waals surface area contributed by atoms with E-state index >= 15 is 0 Å². The molecule has 84 valence electrons. The molecule has 0 amide bonds. The maximum Gasteiger partial charge on any atom is 0.168 e. The second kappa shape index (κ2) is 4.18. The lowest BCUT2D eigenvalue weighted by Gasteiger charge is -2.06. The van der Waals surface area contributed by atoms with Crippen molar-refractivity contribution in [2.45, 2.75) is 13.8 Å². The van der Waals surface area contributed by atoms with Gasteiger partial charge < -0.3 is 5.73 Å². The number of pyridine rings is 1. The molecular formula is C10H10Br2N4. The predicted octanol–water partition coefficient (Wildman–Crippen LogP) is 2.99. The van der Waals surface area contributed by atoms with Crippen LogP contribution in [0, 0.1) is 13.8 Å². The molecule has 0 bridgehead atoms. The fraction of sp³-hybridized carbons (Fsp3) is 0.200. The Bertz CT molecular complexity index is 548. The van der Waals surface area contributed by atoms with E-state index in [4.69, 9.17) is 5.73 Å². The summed E-state index contributed by atoms with van der Waals surface area (Å²) in [5.74, 6) is 0.737. The molecule has 0 aromatic carbocycles. The zero-order valence-electron chi connectivity index (χ0n) is 8.83. The first-order valence-electron chi connectivity index (χ1n) is 4.64. The summed E-state index contributed by atoms with van der Waals surface area (Å²) in [6.07, 6.45) is 1.62. The molecular weight excluding hydrogens is 336 g/mol. The van der Waals surface area contributed by atoms with Gasteiger partial charge in [-0.05, 0) is 51.8 Å². The maximum absolute atomic E-state index is 5.65. The van der Waals surface area contributed by atoms with Crippen molar-refractivity contribution in [3.63, 3.8) is 0 Å². The van der Waals surface area contributed by atoms with Crippen LogP contribution in [0.1, 0.15) is 11.4 Å². The summed E-state index contributed by atoms with van der Waals surface area (Å²) in [6, 6.07) is 1.81. The Hall–Kier alpha value is -0.880. The molecule has 2 rings (SSSR count). The monoisotopic (exact) mass is 344 g/mol. The van der Waals surface area contributed by atoms with E-state index in [0.29, 0.717) is 5.69 Å². The van der Waals surface area contributed by atoms with Crippen molar-refractivity contribution in [3.05, 3.63) is 32.6 Å². The number of halogens is 2.